The number of nitrogens with one attached hydrogen (secondary N) is 1. The Morgan fingerprint density at radius 1 is 0.969 bits per heavy atom. The normalized spacial score (nSPS) is 14.1. The van der Waals surface area contributed by atoms with Crippen LogP contribution in [0, 0.1) is 0 Å². The molecule has 32 heavy (non-hydrogen) atoms. The van der Waals surface area contributed by atoms with Crippen LogP contribution in [0.25, 0.3) is 0 Å². The molecule has 0 unspecified atom stereocenters. The smallest absolute Gasteiger partial charge is 0.406 e. The fourth-order valence-corrected chi connectivity index (χ4v) is 3.68. The highest BCUT2D eigenvalue weighted by atomic mass is 19.4. The molecule has 1 N–H and O–H groups in total. The van der Waals surface area contributed by atoms with Gasteiger partial charge in [0.05, 0.1) is 0 Å². The van der Waals surface area contributed by atoms with E-state index in [1.165, 1.54) is 17.0 Å². The Morgan fingerprint density at radius 3 is 2.28 bits per heavy atom. The van der Waals surface area contributed by atoms with Crippen molar-refractivity contribution in [3.63, 3.8) is 0 Å². The molecule has 0 aromatic heterocycles. The summed E-state index contributed by atoms with van der Waals surface area (Å²) < 4.78 is 40.9. The molecule has 0 radical (unpaired) electrons. The average molecular weight is 440 g/mol. The lowest BCUT2D eigenvalue weighted by molar-refractivity contribution is -0.274. The SMILES string of the molecule is O=C(Nc1ccc(OC(F)(F)F)cc1)[C@@H](Cc1ccccc1)N1Cc2ccccc2C1=O. The van der Waals surface area contributed by atoms with Crippen LogP contribution >= 0.6 is 0 Å². The molecule has 0 spiro atoms. The molecule has 164 valence electrons. The molecule has 0 bridgehead atoms. The molecule has 0 saturated heterocycles. The fourth-order valence-electron chi connectivity index (χ4n) is 3.68. The van der Waals surface area contributed by atoms with Crippen LogP contribution in [0.3, 0.4) is 0 Å². The van der Waals surface area contributed by atoms with E-state index in [0.717, 1.165) is 23.3 Å². The Morgan fingerprint density at radius 2 is 1.62 bits per heavy atom. The predicted octanol–water partition coefficient (Wildman–Crippen LogP) is 4.79. The Bertz CT molecular complexity index is 1120. The van der Waals surface area contributed by atoms with Crippen LogP contribution in [-0.4, -0.2) is 29.1 Å². The third kappa shape index (κ3) is 4.91. The van der Waals surface area contributed by atoms with Crippen molar-refractivity contribution in [2.75, 3.05) is 5.32 Å². The minimum atomic E-state index is -4.79. The van der Waals surface area contributed by atoms with Gasteiger partial charge in [-0.3, -0.25) is 9.59 Å². The monoisotopic (exact) mass is 440 g/mol. The molecule has 3 aromatic carbocycles. The number of anilines is 1. The fraction of sp³-hybridized carbons (Fsp3) is 0.167. The summed E-state index contributed by atoms with van der Waals surface area (Å²) in [6, 6.07) is 20.6. The number of rotatable bonds is 6. The maximum absolute atomic E-state index is 13.2. The zero-order chi connectivity index (χ0) is 22.7. The summed E-state index contributed by atoms with van der Waals surface area (Å²) in [5.74, 6) is -1.05. The van der Waals surface area contributed by atoms with E-state index >= 15 is 0 Å². The van der Waals surface area contributed by atoms with Gasteiger partial charge in [-0.1, -0.05) is 48.5 Å². The van der Waals surface area contributed by atoms with Gasteiger partial charge in [-0.2, -0.15) is 0 Å². The average Bonchev–Trinajstić information content (AvgIpc) is 3.09. The summed E-state index contributed by atoms with van der Waals surface area (Å²) in [7, 11) is 0. The van der Waals surface area contributed by atoms with Crippen molar-refractivity contribution in [2.45, 2.75) is 25.4 Å². The van der Waals surface area contributed by atoms with Gasteiger partial charge in [0.15, 0.2) is 0 Å². The molecule has 1 atom stereocenters. The van der Waals surface area contributed by atoms with Crippen molar-refractivity contribution in [1.82, 2.24) is 4.90 Å². The van der Waals surface area contributed by atoms with Crippen molar-refractivity contribution in [2.24, 2.45) is 0 Å². The molecule has 1 aliphatic rings. The lowest BCUT2D eigenvalue weighted by atomic mass is 10.0. The number of amides is 2. The van der Waals surface area contributed by atoms with E-state index in [2.05, 4.69) is 10.1 Å². The Hall–Kier alpha value is -3.81. The van der Waals surface area contributed by atoms with Gasteiger partial charge in [-0.05, 0) is 41.5 Å². The molecule has 3 aromatic rings. The molecule has 0 fully saturated rings. The second-order valence-corrected chi connectivity index (χ2v) is 7.36. The van der Waals surface area contributed by atoms with Crippen molar-refractivity contribution in [3.8, 4) is 5.75 Å². The summed E-state index contributed by atoms with van der Waals surface area (Å²) in [5, 5.41) is 2.71. The van der Waals surface area contributed by atoms with Gasteiger partial charge >= 0.3 is 6.36 Å². The standard InChI is InChI=1S/C24H19F3N2O3/c25-24(26,27)32-19-12-10-18(11-13-19)28-22(30)21(14-16-6-2-1-3-7-16)29-15-17-8-4-5-9-20(17)23(29)31/h1-13,21H,14-15H2,(H,28,30)/t21-/m1/s1. The van der Waals surface area contributed by atoms with Gasteiger partial charge in [-0.15, -0.1) is 13.2 Å². The predicted molar refractivity (Wildman–Crippen MR) is 112 cm³/mol. The largest absolute Gasteiger partial charge is 0.573 e. The summed E-state index contributed by atoms with van der Waals surface area (Å²) in [6.45, 7) is 0.304. The molecule has 0 saturated carbocycles. The molecule has 5 nitrogen and oxygen atoms in total. The van der Waals surface area contributed by atoms with Gasteiger partial charge in [0, 0.05) is 24.2 Å². The number of carbonyl (C=O) groups excluding carboxylic acids is 2. The number of hydrogen-bond donors (Lipinski definition) is 1. The number of carbonyl (C=O) groups is 2. The van der Waals surface area contributed by atoms with Crippen molar-refractivity contribution in [3.05, 3.63) is 95.6 Å². The first kappa shape index (κ1) is 21.4. The van der Waals surface area contributed by atoms with Crippen LogP contribution in [0.15, 0.2) is 78.9 Å². The van der Waals surface area contributed by atoms with E-state index in [4.69, 9.17) is 0 Å². The summed E-state index contributed by atoms with van der Waals surface area (Å²) in [4.78, 5) is 27.7. The number of ether oxygens (including phenoxy) is 1. The summed E-state index contributed by atoms with van der Waals surface area (Å²) >= 11 is 0. The van der Waals surface area contributed by atoms with E-state index in [9.17, 15) is 22.8 Å². The van der Waals surface area contributed by atoms with Gasteiger partial charge in [-0.25, -0.2) is 0 Å². The number of nitrogens with zero attached hydrogens (tertiary/aromatic N) is 1. The van der Waals surface area contributed by atoms with Crippen LogP contribution in [0.4, 0.5) is 18.9 Å². The first-order valence-corrected chi connectivity index (χ1v) is 9.89. The maximum Gasteiger partial charge on any atom is 0.573 e. The number of hydrogen-bond acceptors (Lipinski definition) is 3. The Kier molecular flexibility index (Phi) is 5.85. The first-order chi connectivity index (χ1) is 15.3. The third-order valence-corrected chi connectivity index (χ3v) is 5.16. The van der Waals surface area contributed by atoms with Gasteiger partial charge < -0.3 is 15.0 Å². The van der Waals surface area contributed by atoms with E-state index in [1.54, 1.807) is 12.1 Å². The second-order valence-electron chi connectivity index (χ2n) is 7.36. The van der Waals surface area contributed by atoms with Gasteiger partial charge in [0.25, 0.3) is 5.91 Å². The molecule has 1 heterocycles. The highest BCUT2D eigenvalue weighted by molar-refractivity contribution is 6.03. The van der Waals surface area contributed by atoms with E-state index < -0.39 is 18.3 Å². The molecule has 8 heteroatoms. The Labute approximate surface area is 182 Å². The van der Waals surface area contributed by atoms with E-state index in [1.807, 2.05) is 42.5 Å². The number of halogens is 3. The van der Waals surface area contributed by atoms with Gasteiger partial charge in [0.2, 0.25) is 5.91 Å². The molecule has 4 rings (SSSR count). The highest BCUT2D eigenvalue weighted by Crippen LogP contribution is 2.27. The maximum atomic E-state index is 13.2. The van der Waals surface area contributed by atoms with Crippen molar-refractivity contribution >= 4 is 17.5 Å². The zero-order valence-corrected chi connectivity index (χ0v) is 16.8. The van der Waals surface area contributed by atoms with Crippen LogP contribution in [-0.2, 0) is 17.8 Å². The zero-order valence-electron chi connectivity index (χ0n) is 16.8. The number of fused-ring (bicyclic) bond motifs is 1. The molecule has 1 aliphatic heterocycles. The van der Waals surface area contributed by atoms with Crippen LogP contribution in [0.5, 0.6) is 5.75 Å². The lowest BCUT2D eigenvalue weighted by Gasteiger charge is -2.27. The first-order valence-electron chi connectivity index (χ1n) is 9.89. The highest BCUT2D eigenvalue weighted by Gasteiger charge is 2.36. The van der Waals surface area contributed by atoms with E-state index in [-0.39, 0.29) is 11.7 Å². The minimum absolute atomic E-state index is 0.231. The quantitative estimate of drug-likeness (QED) is 0.600. The van der Waals surface area contributed by atoms with Crippen molar-refractivity contribution < 1.29 is 27.5 Å². The minimum Gasteiger partial charge on any atom is -0.406 e. The lowest BCUT2D eigenvalue weighted by Crippen LogP contribution is -2.45. The van der Waals surface area contributed by atoms with Crippen LogP contribution in [0.2, 0.25) is 0 Å². The Balaban J connectivity index is 1.55. The second kappa shape index (κ2) is 8.74. The third-order valence-electron chi connectivity index (χ3n) is 5.16. The molecule has 2 amide bonds. The topological polar surface area (TPSA) is 58.6 Å². The molecular formula is C24H19F3N2O3. The summed E-state index contributed by atoms with van der Waals surface area (Å²) in [5.41, 5.74) is 2.58. The molecule has 0 aliphatic carbocycles. The summed E-state index contributed by atoms with van der Waals surface area (Å²) in [6.07, 6.45) is -4.50. The van der Waals surface area contributed by atoms with Crippen molar-refractivity contribution in [1.29, 1.82) is 0 Å². The molecular weight excluding hydrogens is 421 g/mol. The van der Waals surface area contributed by atoms with Crippen LogP contribution < -0.4 is 10.1 Å². The van der Waals surface area contributed by atoms with Crippen LogP contribution in [0.1, 0.15) is 21.5 Å². The van der Waals surface area contributed by atoms with Gasteiger partial charge in [0.1, 0.15) is 11.8 Å². The number of alkyl halides is 3. The van der Waals surface area contributed by atoms with E-state index in [0.29, 0.717) is 24.2 Å². The number of benzene rings is 3.